The Morgan fingerprint density at radius 2 is 1.87 bits per heavy atom. The van der Waals surface area contributed by atoms with Gasteiger partial charge in [0, 0.05) is 6.04 Å². The fraction of sp³-hybridized carbons (Fsp3) is 0.636. The number of carbonyl (C=O) groups excluding carboxylic acids is 1. The van der Waals surface area contributed by atoms with E-state index in [1.54, 1.807) is 13.0 Å². The van der Waals surface area contributed by atoms with E-state index in [0.29, 0.717) is 12.8 Å². The second-order valence-corrected chi connectivity index (χ2v) is 3.90. The van der Waals surface area contributed by atoms with Crippen molar-refractivity contribution in [3.8, 4) is 0 Å². The standard InChI is InChI=1S/C11H17NO3/c1-2-3-10(13)12-9-6-4-8(5-7-9)11(14)15/h2-3,8-9H,4-7H2,1H3,(H,12,13)(H,14,15). The molecule has 4 nitrogen and oxygen atoms in total. The predicted molar refractivity (Wildman–Crippen MR) is 56.3 cm³/mol. The first-order chi connectivity index (χ1) is 7.13. The average molecular weight is 211 g/mol. The summed E-state index contributed by atoms with van der Waals surface area (Å²) in [5.41, 5.74) is 0. The van der Waals surface area contributed by atoms with Crippen LogP contribution in [0.15, 0.2) is 12.2 Å². The monoisotopic (exact) mass is 211 g/mol. The molecule has 1 aliphatic carbocycles. The Morgan fingerprint density at radius 3 is 2.33 bits per heavy atom. The van der Waals surface area contributed by atoms with Gasteiger partial charge in [0.1, 0.15) is 0 Å². The van der Waals surface area contributed by atoms with Crippen molar-refractivity contribution in [3.05, 3.63) is 12.2 Å². The lowest BCUT2D eigenvalue weighted by atomic mass is 9.86. The molecule has 0 heterocycles. The molecular formula is C11H17NO3. The molecule has 4 heteroatoms. The molecule has 1 fully saturated rings. The van der Waals surface area contributed by atoms with Gasteiger partial charge in [-0.1, -0.05) is 6.08 Å². The SMILES string of the molecule is CC=CC(=O)NC1CCC(C(=O)O)CC1. The number of nitrogens with one attached hydrogen (secondary N) is 1. The summed E-state index contributed by atoms with van der Waals surface area (Å²) >= 11 is 0. The van der Waals surface area contributed by atoms with E-state index in [0.717, 1.165) is 12.8 Å². The molecular weight excluding hydrogens is 194 g/mol. The van der Waals surface area contributed by atoms with Crippen LogP contribution < -0.4 is 5.32 Å². The van der Waals surface area contributed by atoms with E-state index in [-0.39, 0.29) is 17.9 Å². The van der Waals surface area contributed by atoms with Gasteiger partial charge >= 0.3 is 5.97 Å². The number of amides is 1. The maximum absolute atomic E-state index is 11.2. The van der Waals surface area contributed by atoms with Crippen molar-refractivity contribution in [2.75, 3.05) is 0 Å². The number of hydrogen-bond donors (Lipinski definition) is 2. The summed E-state index contributed by atoms with van der Waals surface area (Å²) in [7, 11) is 0. The number of rotatable bonds is 3. The van der Waals surface area contributed by atoms with Gasteiger partial charge in [0.25, 0.3) is 0 Å². The van der Waals surface area contributed by atoms with E-state index in [1.165, 1.54) is 6.08 Å². The Bertz CT molecular complexity index is 265. The lowest BCUT2D eigenvalue weighted by Crippen LogP contribution is -2.37. The van der Waals surface area contributed by atoms with Crippen molar-refractivity contribution in [1.29, 1.82) is 0 Å². The molecule has 1 amide bonds. The fourth-order valence-electron chi connectivity index (χ4n) is 1.89. The minimum Gasteiger partial charge on any atom is -0.481 e. The Labute approximate surface area is 89.4 Å². The molecule has 0 aromatic heterocycles. The van der Waals surface area contributed by atoms with E-state index >= 15 is 0 Å². The third kappa shape index (κ3) is 3.73. The van der Waals surface area contributed by atoms with Gasteiger partial charge in [0.15, 0.2) is 0 Å². The summed E-state index contributed by atoms with van der Waals surface area (Å²) in [5, 5.41) is 11.7. The molecule has 0 saturated heterocycles. The normalized spacial score (nSPS) is 26.5. The molecule has 0 bridgehead atoms. The van der Waals surface area contributed by atoms with Gasteiger partial charge in [-0.2, -0.15) is 0 Å². The second kappa shape index (κ2) is 5.53. The zero-order valence-corrected chi connectivity index (χ0v) is 8.90. The summed E-state index contributed by atoms with van der Waals surface area (Å²) < 4.78 is 0. The van der Waals surface area contributed by atoms with Crippen LogP contribution in [0.1, 0.15) is 32.6 Å². The molecule has 84 valence electrons. The van der Waals surface area contributed by atoms with Crippen molar-refractivity contribution in [2.45, 2.75) is 38.6 Å². The fourth-order valence-corrected chi connectivity index (χ4v) is 1.89. The maximum atomic E-state index is 11.2. The van der Waals surface area contributed by atoms with Gasteiger partial charge in [-0.05, 0) is 38.7 Å². The summed E-state index contributed by atoms with van der Waals surface area (Å²) in [5.74, 6) is -1.02. The van der Waals surface area contributed by atoms with E-state index < -0.39 is 5.97 Å². The van der Waals surface area contributed by atoms with E-state index in [2.05, 4.69) is 5.32 Å². The van der Waals surface area contributed by atoms with Crippen LogP contribution >= 0.6 is 0 Å². The number of hydrogen-bond acceptors (Lipinski definition) is 2. The van der Waals surface area contributed by atoms with Crippen LogP contribution in [-0.4, -0.2) is 23.0 Å². The highest BCUT2D eigenvalue weighted by molar-refractivity contribution is 5.87. The van der Waals surface area contributed by atoms with Crippen molar-refractivity contribution in [2.24, 2.45) is 5.92 Å². The van der Waals surface area contributed by atoms with Crippen LogP contribution in [0, 0.1) is 5.92 Å². The molecule has 1 rings (SSSR count). The first-order valence-electron chi connectivity index (χ1n) is 5.29. The molecule has 0 atom stereocenters. The molecule has 0 radical (unpaired) electrons. The highest BCUT2D eigenvalue weighted by atomic mass is 16.4. The van der Waals surface area contributed by atoms with Crippen LogP contribution in [0.5, 0.6) is 0 Å². The molecule has 15 heavy (non-hydrogen) atoms. The summed E-state index contributed by atoms with van der Waals surface area (Å²) in [6, 6.07) is 0.143. The van der Waals surface area contributed by atoms with Crippen LogP contribution in [0.3, 0.4) is 0 Å². The van der Waals surface area contributed by atoms with Crippen LogP contribution in [0.4, 0.5) is 0 Å². The molecule has 1 saturated carbocycles. The minimum absolute atomic E-state index is 0.0868. The topological polar surface area (TPSA) is 66.4 Å². The van der Waals surface area contributed by atoms with Gasteiger partial charge < -0.3 is 10.4 Å². The van der Waals surface area contributed by atoms with E-state index in [9.17, 15) is 9.59 Å². The number of allylic oxidation sites excluding steroid dienone is 1. The smallest absolute Gasteiger partial charge is 0.306 e. The van der Waals surface area contributed by atoms with Crippen molar-refractivity contribution in [3.63, 3.8) is 0 Å². The average Bonchev–Trinajstić information content (AvgIpc) is 2.18. The molecule has 0 unspecified atom stereocenters. The Hall–Kier alpha value is -1.32. The third-order valence-electron chi connectivity index (χ3n) is 2.74. The van der Waals surface area contributed by atoms with Crippen LogP contribution in [0.2, 0.25) is 0 Å². The second-order valence-electron chi connectivity index (χ2n) is 3.90. The molecule has 1 aliphatic rings. The number of aliphatic carboxylic acids is 1. The molecule has 0 aromatic rings. The number of carbonyl (C=O) groups is 2. The van der Waals surface area contributed by atoms with Gasteiger partial charge in [-0.15, -0.1) is 0 Å². The zero-order chi connectivity index (χ0) is 11.3. The lowest BCUT2D eigenvalue weighted by molar-refractivity contribution is -0.142. The Kier molecular flexibility index (Phi) is 4.34. The largest absolute Gasteiger partial charge is 0.481 e. The molecule has 2 N–H and O–H groups in total. The maximum Gasteiger partial charge on any atom is 0.306 e. The first-order valence-corrected chi connectivity index (χ1v) is 5.29. The van der Waals surface area contributed by atoms with Crippen molar-refractivity contribution >= 4 is 11.9 Å². The van der Waals surface area contributed by atoms with Crippen molar-refractivity contribution in [1.82, 2.24) is 5.32 Å². The summed E-state index contributed by atoms with van der Waals surface area (Å²) in [6.45, 7) is 1.79. The predicted octanol–water partition coefficient (Wildman–Crippen LogP) is 1.32. The Morgan fingerprint density at radius 1 is 1.27 bits per heavy atom. The van der Waals surface area contributed by atoms with Crippen LogP contribution in [0.25, 0.3) is 0 Å². The number of carboxylic acids is 1. The number of carboxylic acid groups (broad SMARTS) is 1. The highest BCUT2D eigenvalue weighted by Crippen LogP contribution is 2.24. The van der Waals surface area contributed by atoms with Gasteiger partial charge in [0.05, 0.1) is 5.92 Å². The lowest BCUT2D eigenvalue weighted by Gasteiger charge is -2.26. The summed E-state index contributed by atoms with van der Waals surface area (Å²) in [4.78, 5) is 21.9. The highest BCUT2D eigenvalue weighted by Gasteiger charge is 2.26. The van der Waals surface area contributed by atoms with Gasteiger partial charge in [-0.25, -0.2) is 0 Å². The first kappa shape index (κ1) is 11.8. The van der Waals surface area contributed by atoms with Gasteiger partial charge in [-0.3, -0.25) is 9.59 Å². The molecule has 0 aromatic carbocycles. The quantitative estimate of drug-likeness (QED) is 0.692. The molecule has 0 spiro atoms. The van der Waals surface area contributed by atoms with E-state index in [1.807, 2.05) is 0 Å². The summed E-state index contributed by atoms with van der Waals surface area (Å²) in [6.07, 6.45) is 6.04. The zero-order valence-electron chi connectivity index (χ0n) is 8.90. The molecule has 0 aliphatic heterocycles. The minimum atomic E-state index is -0.715. The van der Waals surface area contributed by atoms with E-state index in [4.69, 9.17) is 5.11 Å². The van der Waals surface area contributed by atoms with Gasteiger partial charge in [0.2, 0.25) is 5.91 Å². The van der Waals surface area contributed by atoms with Crippen LogP contribution in [-0.2, 0) is 9.59 Å². The Balaban J connectivity index is 2.31. The van der Waals surface area contributed by atoms with Crippen molar-refractivity contribution < 1.29 is 14.7 Å². The third-order valence-corrected chi connectivity index (χ3v) is 2.74.